The van der Waals surface area contributed by atoms with Crippen molar-refractivity contribution in [3.63, 3.8) is 0 Å². The van der Waals surface area contributed by atoms with Gasteiger partial charge in [0.25, 0.3) is 5.91 Å². The van der Waals surface area contributed by atoms with E-state index >= 15 is 0 Å². The molecule has 0 saturated carbocycles. The minimum atomic E-state index is -0.575. The molecule has 0 spiro atoms. The molecule has 0 unspecified atom stereocenters. The van der Waals surface area contributed by atoms with Crippen molar-refractivity contribution in [1.29, 1.82) is 0 Å². The zero-order valence-electron chi connectivity index (χ0n) is 14.4. The maximum Gasteiger partial charge on any atom is 0.258 e. The molecule has 2 heterocycles. The molecule has 0 atom stereocenters. The predicted molar refractivity (Wildman–Crippen MR) is 93.2 cm³/mol. The molecule has 1 saturated heterocycles. The summed E-state index contributed by atoms with van der Waals surface area (Å²) < 4.78 is 19.2. The molecule has 25 heavy (non-hydrogen) atoms. The van der Waals surface area contributed by atoms with Crippen LogP contribution in [0.4, 0.5) is 4.39 Å². The van der Waals surface area contributed by atoms with Crippen LogP contribution in [-0.2, 0) is 6.54 Å². The lowest BCUT2D eigenvalue weighted by Crippen LogP contribution is -2.35. The Balaban J connectivity index is 1.68. The smallest absolute Gasteiger partial charge is 0.258 e. The number of carbonyl (C=O) groups excluding carboxylic acids is 1. The summed E-state index contributed by atoms with van der Waals surface area (Å²) in [7, 11) is 0. The highest BCUT2D eigenvalue weighted by Gasteiger charge is 2.25. The second-order valence-electron chi connectivity index (χ2n) is 6.32. The Morgan fingerprint density at radius 2 is 2.08 bits per heavy atom. The fraction of sp³-hybridized carbons (Fsp3) is 0.444. The highest BCUT2D eigenvalue weighted by molar-refractivity contribution is 6.33. The summed E-state index contributed by atoms with van der Waals surface area (Å²) in [6.07, 6.45) is 0.821. The van der Waals surface area contributed by atoms with Crippen LogP contribution in [0.2, 0.25) is 5.02 Å². The lowest BCUT2D eigenvalue weighted by Gasteiger charge is -2.22. The fourth-order valence-corrected chi connectivity index (χ4v) is 3.39. The number of nitrogens with zero attached hydrogens (tertiary/aromatic N) is 3. The van der Waals surface area contributed by atoms with Crippen LogP contribution in [0.1, 0.15) is 33.8 Å². The lowest BCUT2D eigenvalue weighted by atomic mass is 10.1. The van der Waals surface area contributed by atoms with Crippen molar-refractivity contribution in [3.8, 4) is 0 Å². The van der Waals surface area contributed by atoms with Crippen LogP contribution < -0.4 is 0 Å². The summed E-state index contributed by atoms with van der Waals surface area (Å²) in [5, 5.41) is 4.14. The molecular weight excluding hydrogens is 345 g/mol. The van der Waals surface area contributed by atoms with Crippen molar-refractivity contribution in [2.45, 2.75) is 26.8 Å². The van der Waals surface area contributed by atoms with Crippen LogP contribution in [0.3, 0.4) is 0 Å². The van der Waals surface area contributed by atoms with E-state index in [-0.39, 0.29) is 16.5 Å². The van der Waals surface area contributed by atoms with Crippen LogP contribution in [0.25, 0.3) is 0 Å². The fourth-order valence-electron chi connectivity index (χ4n) is 3.14. The number of hydrogen-bond donors (Lipinski definition) is 0. The SMILES string of the molecule is Cc1noc(C)c1CN1CCCN(C(=O)c2c(F)cccc2Cl)CC1. The summed E-state index contributed by atoms with van der Waals surface area (Å²) in [6.45, 7) is 7.27. The van der Waals surface area contributed by atoms with E-state index in [2.05, 4.69) is 10.1 Å². The number of halogens is 2. The van der Waals surface area contributed by atoms with E-state index in [1.807, 2.05) is 13.8 Å². The lowest BCUT2D eigenvalue weighted by molar-refractivity contribution is 0.0756. The Hall–Kier alpha value is -1.92. The first-order valence-electron chi connectivity index (χ1n) is 8.34. The summed E-state index contributed by atoms with van der Waals surface area (Å²) in [4.78, 5) is 16.6. The van der Waals surface area contributed by atoms with E-state index in [4.69, 9.17) is 16.1 Å². The second kappa shape index (κ2) is 7.54. The Labute approximate surface area is 151 Å². The topological polar surface area (TPSA) is 49.6 Å². The molecule has 0 aliphatic carbocycles. The van der Waals surface area contributed by atoms with Crippen molar-refractivity contribution >= 4 is 17.5 Å². The third-order valence-corrected chi connectivity index (χ3v) is 4.93. The number of benzene rings is 1. The Morgan fingerprint density at radius 1 is 1.28 bits per heavy atom. The van der Waals surface area contributed by atoms with Gasteiger partial charge in [-0.15, -0.1) is 0 Å². The van der Waals surface area contributed by atoms with Gasteiger partial charge in [-0.2, -0.15) is 0 Å². The van der Waals surface area contributed by atoms with Crippen molar-refractivity contribution in [1.82, 2.24) is 15.0 Å². The molecule has 1 amide bonds. The zero-order valence-corrected chi connectivity index (χ0v) is 15.1. The quantitative estimate of drug-likeness (QED) is 0.836. The van der Waals surface area contributed by atoms with E-state index in [9.17, 15) is 9.18 Å². The van der Waals surface area contributed by atoms with Gasteiger partial charge in [-0.25, -0.2) is 4.39 Å². The van der Waals surface area contributed by atoms with Gasteiger partial charge in [0.2, 0.25) is 0 Å². The van der Waals surface area contributed by atoms with Gasteiger partial charge in [-0.05, 0) is 32.4 Å². The molecule has 1 aromatic carbocycles. The van der Waals surface area contributed by atoms with Crippen LogP contribution in [0.15, 0.2) is 22.7 Å². The monoisotopic (exact) mass is 365 g/mol. The van der Waals surface area contributed by atoms with Crippen molar-refractivity contribution < 1.29 is 13.7 Å². The largest absolute Gasteiger partial charge is 0.361 e. The summed E-state index contributed by atoms with van der Waals surface area (Å²) in [5.74, 6) is -0.0931. The van der Waals surface area contributed by atoms with Crippen LogP contribution in [-0.4, -0.2) is 47.0 Å². The summed E-state index contributed by atoms with van der Waals surface area (Å²) in [6, 6.07) is 4.31. The van der Waals surface area contributed by atoms with Crippen molar-refractivity contribution in [2.75, 3.05) is 26.2 Å². The average molecular weight is 366 g/mol. The summed E-state index contributed by atoms with van der Waals surface area (Å²) >= 11 is 6.03. The van der Waals surface area contributed by atoms with Gasteiger partial charge >= 0.3 is 0 Å². The zero-order chi connectivity index (χ0) is 18.0. The molecule has 5 nitrogen and oxygen atoms in total. The first kappa shape index (κ1) is 17.9. The van der Waals surface area contributed by atoms with Gasteiger partial charge in [-0.3, -0.25) is 9.69 Å². The molecule has 1 fully saturated rings. The standard InChI is InChI=1S/C18H21ClFN3O2/c1-12-14(13(2)25-21-12)11-22-7-4-8-23(10-9-22)18(24)17-15(19)5-3-6-16(17)20/h3,5-6H,4,7-11H2,1-2H3. The molecule has 3 rings (SSSR count). The molecule has 2 aromatic rings. The molecular formula is C18H21ClFN3O2. The normalized spacial score (nSPS) is 16.1. The first-order valence-corrected chi connectivity index (χ1v) is 8.72. The third kappa shape index (κ3) is 3.85. The van der Waals surface area contributed by atoms with Crippen molar-refractivity contribution in [2.24, 2.45) is 0 Å². The Morgan fingerprint density at radius 3 is 2.76 bits per heavy atom. The van der Waals surface area contributed by atoms with Crippen LogP contribution in [0, 0.1) is 19.7 Å². The summed E-state index contributed by atoms with van der Waals surface area (Å²) in [5.41, 5.74) is 1.95. The molecule has 0 radical (unpaired) electrons. The number of amides is 1. The number of aryl methyl sites for hydroxylation is 2. The molecule has 0 bridgehead atoms. The first-order chi connectivity index (χ1) is 12.0. The molecule has 0 N–H and O–H groups in total. The van der Waals surface area contributed by atoms with Gasteiger partial charge in [0.1, 0.15) is 11.6 Å². The van der Waals surface area contributed by atoms with Crippen molar-refractivity contribution in [3.05, 3.63) is 51.6 Å². The molecule has 134 valence electrons. The van der Waals surface area contributed by atoms with Crippen LogP contribution >= 0.6 is 11.6 Å². The molecule has 1 aliphatic rings. The Bertz CT molecular complexity index is 738. The maximum atomic E-state index is 14.0. The number of carbonyl (C=O) groups is 1. The minimum absolute atomic E-state index is 0.0386. The predicted octanol–water partition coefficient (Wildman–Crippen LogP) is 3.43. The molecule has 1 aliphatic heterocycles. The van der Waals surface area contributed by atoms with Crippen LogP contribution in [0.5, 0.6) is 0 Å². The van der Waals surface area contributed by atoms with E-state index in [1.54, 1.807) is 11.0 Å². The second-order valence-corrected chi connectivity index (χ2v) is 6.73. The number of aromatic nitrogens is 1. The number of rotatable bonds is 3. The highest BCUT2D eigenvalue weighted by Crippen LogP contribution is 2.22. The average Bonchev–Trinajstić information content (AvgIpc) is 2.78. The van der Waals surface area contributed by atoms with E-state index < -0.39 is 5.82 Å². The van der Waals surface area contributed by atoms with E-state index in [0.29, 0.717) is 19.6 Å². The third-order valence-electron chi connectivity index (χ3n) is 4.62. The van der Waals surface area contributed by atoms with Gasteiger partial charge < -0.3 is 9.42 Å². The van der Waals surface area contributed by atoms with Gasteiger partial charge in [-0.1, -0.05) is 22.8 Å². The maximum absolute atomic E-state index is 14.0. The molecule has 7 heteroatoms. The van der Waals surface area contributed by atoms with E-state index in [1.165, 1.54) is 12.1 Å². The van der Waals surface area contributed by atoms with Gasteiger partial charge in [0.15, 0.2) is 0 Å². The van der Waals surface area contributed by atoms with Gasteiger partial charge in [0, 0.05) is 38.3 Å². The number of hydrogen-bond acceptors (Lipinski definition) is 4. The molecule has 1 aromatic heterocycles. The highest BCUT2D eigenvalue weighted by atomic mass is 35.5. The Kier molecular flexibility index (Phi) is 5.39. The van der Waals surface area contributed by atoms with E-state index in [0.717, 1.165) is 36.5 Å². The minimum Gasteiger partial charge on any atom is -0.361 e. The van der Waals surface area contributed by atoms with Gasteiger partial charge in [0.05, 0.1) is 16.3 Å².